The van der Waals surface area contributed by atoms with Gasteiger partial charge in [-0.2, -0.15) is 0 Å². The molecule has 3 aromatic rings. The Hall–Kier alpha value is -3.03. The summed E-state index contributed by atoms with van der Waals surface area (Å²) < 4.78 is 26.7. The molecule has 166 valence electrons. The van der Waals surface area contributed by atoms with E-state index in [9.17, 15) is 24.1 Å². The van der Waals surface area contributed by atoms with Crippen LogP contribution < -0.4 is 4.90 Å². The molecular weight excluding hydrogens is 432 g/mol. The second-order valence-electron chi connectivity index (χ2n) is 8.04. The van der Waals surface area contributed by atoms with Crippen LogP contribution in [0.2, 0.25) is 0 Å². The van der Waals surface area contributed by atoms with Crippen molar-refractivity contribution in [2.45, 2.75) is 31.4 Å². The van der Waals surface area contributed by atoms with Gasteiger partial charge in [0.05, 0.1) is 17.1 Å². The number of aromatic hydroxyl groups is 2. The van der Waals surface area contributed by atoms with E-state index >= 15 is 0 Å². The molecular formula is C25H23F2NO3S. The smallest absolute Gasteiger partial charge is 0.124 e. The highest BCUT2D eigenvalue weighted by atomic mass is 32.1. The first-order valence-electron chi connectivity index (χ1n) is 10.4. The maximum Gasteiger partial charge on any atom is 0.124 e. The Bertz CT molecular complexity index is 1110. The van der Waals surface area contributed by atoms with E-state index in [-0.39, 0.29) is 35.1 Å². The Morgan fingerprint density at radius 2 is 1.56 bits per heavy atom. The van der Waals surface area contributed by atoms with Crippen LogP contribution in [0.25, 0.3) is 0 Å². The van der Waals surface area contributed by atoms with Gasteiger partial charge in [0.25, 0.3) is 0 Å². The van der Waals surface area contributed by atoms with Crippen LogP contribution in [0.3, 0.4) is 0 Å². The number of phenols is 2. The average Bonchev–Trinajstić information content (AvgIpc) is 3.09. The van der Waals surface area contributed by atoms with Gasteiger partial charge in [-0.3, -0.25) is 0 Å². The summed E-state index contributed by atoms with van der Waals surface area (Å²) in [7, 11) is 0. The van der Waals surface area contributed by atoms with Crippen molar-refractivity contribution in [3.05, 3.63) is 89.5 Å². The third kappa shape index (κ3) is 4.59. The Morgan fingerprint density at radius 1 is 0.938 bits per heavy atom. The molecule has 0 aliphatic carbocycles. The van der Waals surface area contributed by atoms with Crippen LogP contribution in [-0.4, -0.2) is 20.3 Å². The van der Waals surface area contributed by atoms with E-state index in [0.29, 0.717) is 41.1 Å². The van der Waals surface area contributed by atoms with Gasteiger partial charge in [-0.25, -0.2) is 8.78 Å². The zero-order valence-electron chi connectivity index (χ0n) is 17.2. The van der Waals surface area contributed by atoms with E-state index in [4.69, 9.17) is 12.2 Å². The van der Waals surface area contributed by atoms with Crippen LogP contribution in [0.1, 0.15) is 42.5 Å². The molecule has 1 heterocycles. The third-order valence-corrected chi connectivity index (χ3v) is 6.30. The minimum Gasteiger partial charge on any atom is -0.508 e. The van der Waals surface area contributed by atoms with Crippen molar-refractivity contribution in [3.63, 3.8) is 0 Å². The van der Waals surface area contributed by atoms with Gasteiger partial charge in [0.1, 0.15) is 23.1 Å². The minimum absolute atomic E-state index is 0.0434. The molecule has 3 atom stereocenters. The number of nitrogens with zero attached hydrogens (tertiary/aromatic N) is 1. The van der Waals surface area contributed by atoms with Gasteiger partial charge in [-0.05, 0) is 72.9 Å². The Labute approximate surface area is 190 Å². The molecule has 1 saturated heterocycles. The minimum atomic E-state index is -0.766. The number of anilines is 1. The van der Waals surface area contributed by atoms with Crippen molar-refractivity contribution in [3.8, 4) is 11.5 Å². The number of hydrogen-bond acceptors (Lipinski definition) is 4. The molecule has 32 heavy (non-hydrogen) atoms. The molecule has 1 fully saturated rings. The van der Waals surface area contributed by atoms with Crippen LogP contribution in [-0.2, 0) is 0 Å². The van der Waals surface area contributed by atoms with Crippen molar-refractivity contribution in [1.29, 1.82) is 0 Å². The number of rotatable bonds is 6. The Morgan fingerprint density at radius 3 is 2.19 bits per heavy atom. The lowest BCUT2D eigenvalue weighted by Crippen LogP contribution is -2.28. The van der Waals surface area contributed by atoms with E-state index in [0.717, 1.165) is 0 Å². The van der Waals surface area contributed by atoms with Gasteiger partial charge in [-0.15, -0.1) is 0 Å². The van der Waals surface area contributed by atoms with Gasteiger partial charge < -0.3 is 20.2 Å². The lowest BCUT2D eigenvalue weighted by Gasteiger charge is -2.31. The summed E-state index contributed by atoms with van der Waals surface area (Å²) >= 11 is 5.66. The van der Waals surface area contributed by atoms with Crippen molar-refractivity contribution in [1.82, 2.24) is 0 Å². The number of hydrogen-bond donors (Lipinski definition) is 3. The van der Waals surface area contributed by atoms with Crippen LogP contribution in [0.15, 0.2) is 66.7 Å². The molecule has 0 amide bonds. The molecule has 3 aromatic carbocycles. The average molecular weight is 456 g/mol. The van der Waals surface area contributed by atoms with Gasteiger partial charge in [-0.1, -0.05) is 24.4 Å². The van der Waals surface area contributed by atoms with Crippen LogP contribution in [0, 0.1) is 17.6 Å². The van der Waals surface area contributed by atoms with E-state index in [2.05, 4.69) is 0 Å². The number of aliphatic hydroxyl groups excluding tert-OH is 1. The molecule has 3 unspecified atom stereocenters. The van der Waals surface area contributed by atoms with E-state index in [1.165, 1.54) is 36.4 Å². The predicted octanol–water partition coefficient (Wildman–Crippen LogP) is 5.78. The van der Waals surface area contributed by atoms with Crippen molar-refractivity contribution in [2.75, 3.05) is 4.90 Å². The highest BCUT2D eigenvalue weighted by Crippen LogP contribution is 2.47. The fourth-order valence-electron chi connectivity index (χ4n) is 4.37. The second kappa shape index (κ2) is 9.22. The number of thiocarbonyl (C=S) groups is 1. The summed E-state index contributed by atoms with van der Waals surface area (Å²) in [6.45, 7) is 0. The molecule has 4 rings (SSSR count). The molecule has 7 heteroatoms. The van der Waals surface area contributed by atoms with Crippen LogP contribution in [0.4, 0.5) is 14.5 Å². The normalized spacial score (nSPS) is 19.3. The van der Waals surface area contributed by atoms with Crippen LogP contribution >= 0.6 is 12.2 Å². The van der Waals surface area contributed by atoms with E-state index in [1.54, 1.807) is 30.3 Å². The first kappa shape index (κ1) is 22.2. The van der Waals surface area contributed by atoms with Gasteiger partial charge >= 0.3 is 0 Å². The Balaban J connectivity index is 1.63. The monoisotopic (exact) mass is 455 g/mol. The maximum atomic E-state index is 13.5. The zero-order valence-corrected chi connectivity index (χ0v) is 18.0. The molecule has 1 aliphatic rings. The summed E-state index contributed by atoms with van der Waals surface area (Å²) in [5, 5.41) is 30.9. The van der Waals surface area contributed by atoms with Crippen molar-refractivity contribution >= 4 is 22.9 Å². The number of aliphatic hydroxyl groups is 1. The molecule has 0 radical (unpaired) electrons. The SMILES string of the molecule is Oc1ccc(C2C(CCC(O)c3ccc(F)cc3)CC(=S)N2c2ccc(F)cc2)c(O)c1. The largest absolute Gasteiger partial charge is 0.508 e. The fraction of sp³-hybridized carbons (Fsp3) is 0.240. The Kier molecular flexibility index (Phi) is 6.39. The molecule has 0 bridgehead atoms. The van der Waals surface area contributed by atoms with Crippen molar-refractivity contribution in [2.24, 2.45) is 5.92 Å². The summed E-state index contributed by atoms with van der Waals surface area (Å²) in [6.07, 6.45) is 0.791. The molecule has 0 saturated carbocycles. The summed E-state index contributed by atoms with van der Waals surface area (Å²) in [6, 6.07) is 15.8. The van der Waals surface area contributed by atoms with E-state index < -0.39 is 6.10 Å². The fourth-order valence-corrected chi connectivity index (χ4v) is 4.80. The number of halogens is 2. The lowest BCUT2D eigenvalue weighted by atomic mass is 9.87. The highest BCUT2D eigenvalue weighted by Gasteiger charge is 2.40. The van der Waals surface area contributed by atoms with Gasteiger partial charge in [0.2, 0.25) is 0 Å². The number of benzene rings is 3. The first-order valence-corrected chi connectivity index (χ1v) is 10.8. The van der Waals surface area contributed by atoms with Crippen molar-refractivity contribution < 1.29 is 24.1 Å². The van der Waals surface area contributed by atoms with Gasteiger partial charge in [0.15, 0.2) is 0 Å². The zero-order chi connectivity index (χ0) is 22.8. The number of phenolic OH excluding ortho intramolecular Hbond substituents is 2. The second-order valence-corrected chi connectivity index (χ2v) is 8.51. The standard InChI is InChI=1S/C25H23F2NO3S/c26-17-4-1-15(2-5-17)22(30)12-3-16-13-24(32)28(19-8-6-18(27)7-9-19)25(16)21-11-10-20(29)14-23(21)31/h1-2,4-11,14,16,22,25,29-31H,3,12-13H2. The third-order valence-electron chi connectivity index (χ3n) is 5.93. The summed E-state index contributed by atoms with van der Waals surface area (Å²) in [4.78, 5) is 2.55. The maximum absolute atomic E-state index is 13.5. The summed E-state index contributed by atoms with van der Waals surface area (Å²) in [5.41, 5.74) is 1.93. The first-order chi connectivity index (χ1) is 15.3. The molecule has 0 spiro atoms. The molecule has 3 N–H and O–H groups in total. The summed E-state index contributed by atoms with van der Waals surface area (Å²) in [5.74, 6) is -0.876. The molecule has 4 nitrogen and oxygen atoms in total. The quantitative estimate of drug-likeness (QED) is 0.411. The molecule has 0 aromatic heterocycles. The van der Waals surface area contributed by atoms with E-state index in [1.807, 2.05) is 4.90 Å². The lowest BCUT2D eigenvalue weighted by molar-refractivity contribution is 0.155. The topological polar surface area (TPSA) is 63.9 Å². The predicted molar refractivity (Wildman–Crippen MR) is 123 cm³/mol. The molecule has 1 aliphatic heterocycles. The van der Waals surface area contributed by atoms with Crippen LogP contribution in [0.5, 0.6) is 11.5 Å². The van der Waals surface area contributed by atoms with Gasteiger partial charge in [0, 0.05) is 23.7 Å². The highest BCUT2D eigenvalue weighted by molar-refractivity contribution is 7.80.